The molecule has 2 unspecified atom stereocenters. The first kappa shape index (κ1) is 12.7. The molecule has 1 aromatic rings. The molecule has 0 bridgehead atoms. The van der Waals surface area contributed by atoms with Gasteiger partial charge in [-0.1, -0.05) is 0 Å². The molecule has 6 nitrogen and oxygen atoms in total. The summed E-state index contributed by atoms with van der Waals surface area (Å²) in [5.74, 6) is 0.769. The van der Waals surface area contributed by atoms with Gasteiger partial charge in [0.2, 0.25) is 0 Å². The lowest BCUT2D eigenvalue weighted by molar-refractivity contribution is -0.0513. The Morgan fingerprint density at radius 1 is 1.50 bits per heavy atom. The van der Waals surface area contributed by atoms with E-state index in [-0.39, 0.29) is 12.2 Å². The van der Waals surface area contributed by atoms with Crippen LogP contribution in [0.1, 0.15) is 12.6 Å². The Balaban J connectivity index is 2.08. The van der Waals surface area contributed by atoms with Gasteiger partial charge in [0.1, 0.15) is 6.07 Å². The third-order valence-electron chi connectivity index (χ3n) is 2.77. The maximum atomic E-state index is 8.69. The lowest BCUT2D eigenvalue weighted by Crippen LogP contribution is -2.48. The number of aromatic nitrogens is 2. The van der Waals surface area contributed by atoms with Crippen molar-refractivity contribution in [1.82, 2.24) is 10.2 Å². The topological polar surface area (TPSA) is 71.3 Å². The average Bonchev–Trinajstić information content (AvgIpc) is 2.38. The summed E-state index contributed by atoms with van der Waals surface area (Å²) >= 11 is 0. The molecule has 1 aliphatic heterocycles. The first-order valence-corrected chi connectivity index (χ1v) is 5.86. The van der Waals surface area contributed by atoms with E-state index in [1.54, 1.807) is 13.2 Å². The SMILES string of the molecule is COCC1CN(c2ccc(C#N)nn2)CC(C)O1. The molecule has 0 aliphatic carbocycles. The number of methoxy groups -OCH3 is 1. The van der Waals surface area contributed by atoms with Gasteiger partial charge in [0, 0.05) is 20.2 Å². The fraction of sp³-hybridized carbons (Fsp3) is 0.583. The first-order chi connectivity index (χ1) is 8.72. The van der Waals surface area contributed by atoms with Crippen LogP contribution in [-0.4, -0.2) is 49.2 Å². The van der Waals surface area contributed by atoms with Crippen molar-refractivity contribution >= 4 is 5.82 Å². The van der Waals surface area contributed by atoms with Crippen molar-refractivity contribution in [2.45, 2.75) is 19.1 Å². The van der Waals surface area contributed by atoms with Crippen molar-refractivity contribution < 1.29 is 9.47 Å². The van der Waals surface area contributed by atoms with Gasteiger partial charge in [-0.2, -0.15) is 5.26 Å². The molecule has 2 rings (SSSR count). The highest BCUT2D eigenvalue weighted by Gasteiger charge is 2.26. The minimum atomic E-state index is 0.0381. The van der Waals surface area contributed by atoms with E-state index in [9.17, 15) is 0 Å². The summed E-state index contributed by atoms with van der Waals surface area (Å²) in [6, 6.07) is 5.45. The lowest BCUT2D eigenvalue weighted by atomic mass is 10.2. The second kappa shape index (κ2) is 5.76. The van der Waals surface area contributed by atoms with E-state index in [0.29, 0.717) is 12.3 Å². The molecule has 2 heterocycles. The zero-order valence-corrected chi connectivity index (χ0v) is 10.5. The van der Waals surface area contributed by atoms with Crippen LogP contribution >= 0.6 is 0 Å². The summed E-state index contributed by atoms with van der Waals surface area (Å²) in [5, 5.41) is 16.6. The molecule has 18 heavy (non-hydrogen) atoms. The number of nitriles is 1. The number of ether oxygens (including phenoxy) is 2. The summed E-state index contributed by atoms with van der Waals surface area (Å²) in [6.45, 7) is 4.07. The molecule has 1 fully saturated rings. The third kappa shape index (κ3) is 2.94. The van der Waals surface area contributed by atoms with Crippen LogP contribution in [0.25, 0.3) is 0 Å². The van der Waals surface area contributed by atoms with Crippen LogP contribution in [0, 0.1) is 11.3 Å². The molecule has 1 saturated heterocycles. The van der Waals surface area contributed by atoms with Gasteiger partial charge in [0.15, 0.2) is 11.5 Å². The monoisotopic (exact) mass is 248 g/mol. The van der Waals surface area contributed by atoms with E-state index in [0.717, 1.165) is 18.9 Å². The van der Waals surface area contributed by atoms with Crippen molar-refractivity contribution in [3.05, 3.63) is 17.8 Å². The van der Waals surface area contributed by atoms with Crippen molar-refractivity contribution in [3.63, 3.8) is 0 Å². The van der Waals surface area contributed by atoms with Crippen molar-refractivity contribution in [2.75, 3.05) is 31.7 Å². The molecule has 0 saturated carbocycles. The van der Waals surface area contributed by atoms with E-state index in [1.165, 1.54) is 0 Å². The summed E-state index contributed by atoms with van der Waals surface area (Å²) < 4.78 is 10.9. The minimum Gasteiger partial charge on any atom is -0.382 e. The standard InChI is InChI=1S/C12H16N4O2/c1-9-6-16(7-11(18-9)8-17-2)12-4-3-10(5-13)14-15-12/h3-4,9,11H,6-8H2,1-2H3. The summed E-state index contributed by atoms with van der Waals surface area (Å²) in [7, 11) is 1.66. The van der Waals surface area contributed by atoms with E-state index in [1.807, 2.05) is 19.1 Å². The zero-order valence-electron chi connectivity index (χ0n) is 10.5. The van der Waals surface area contributed by atoms with Crippen LogP contribution in [0.3, 0.4) is 0 Å². The molecule has 0 radical (unpaired) electrons. The number of morpholine rings is 1. The Morgan fingerprint density at radius 3 is 2.94 bits per heavy atom. The predicted octanol–water partition coefficient (Wildman–Crippen LogP) is 0.588. The van der Waals surface area contributed by atoms with Gasteiger partial charge in [0.25, 0.3) is 0 Å². The molecule has 1 aliphatic rings. The fourth-order valence-electron chi connectivity index (χ4n) is 2.06. The molecule has 0 aromatic carbocycles. The van der Waals surface area contributed by atoms with Gasteiger partial charge in [-0.05, 0) is 19.1 Å². The Hall–Kier alpha value is -1.71. The van der Waals surface area contributed by atoms with Crippen LogP contribution in [-0.2, 0) is 9.47 Å². The van der Waals surface area contributed by atoms with Gasteiger partial charge in [-0.25, -0.2) is 0 Å². The Labute approximate surface area is 106 Å². The largest absolute Gasteiger partial charge is 0.382 e. The Bertz CT molecular complexity index is 429. The third-order valence-corrected chi connectivity index (χ3v) is 2.77. The van der Waals surface area contributed by atoms with Gasteiger partial charge < -0.3 is 14.4 Å². The van der Waals surface area contributed by atoms with E-state index in [4.69, 9.17) is 14.7 Å². The van der Waals surface area contributed by atoms with E-state index >= 15 is 0 Å². The van der Waals surface area contributed by atoms with Crippen LogP contribution in [0.4, 0.5) is 5.82 Å². The molecule has 1 aromatic heterocycles. The maximum absolute atomic E-state index is 8.69. The predicted molar refractivity (Wildman–Crippen MR) is 65.2 cm³/mol. The highest BCUT2D eigenvalue weighted by molar-refractivity contribution is 5.39. The molecule has 96 valence electrons. The fourth-order valence-corrected chi connectivity index (χ4v) is 2.06. The van der Waals surface area contributed by atoms with Crippen molar-refractivity contribution in [2.24, 2.45) is 0 Å². The molecule has 2 atom stereocenters. The normalized spacial score (nSPS) is 23.7. The molecule has 0 spiro atoms. The smallest absolute Gasteiger partial charge is 0.163 e. The molecule has 0 N–H and O–H groups in total. The molecular formula is C12H16N4O2. The second-order valence-electron chi connectivity index (χ2n) is 4.32. The number of nitrogens with zero attached hydrogens (tertiary/aromatic N) is 4. The zero-order chi connectivity index (χ0) is 13.0. The maximum Gasteiger partial charge on any atom is 0.163 e. The first-order valence-electron chi connectivity index (χ1n) is 5.86. The summed E-state index contributed by atoms with van der Waals surface area (Å²) in [5.41, 5.74) is 0.327. The van der Waals surface area contributed by atoms with Crippen LogP contribution < -0.4 is 4.90 Å². The van der Waals surface area contributed by atoms with Gasteiger partial charge in [-0.15, -0.1) is 10.2 Å². The Kier molecular flexibility index (Phi) is 4.07. The number of anilines is 1. The highest BCUT2D eigenvalue weighted by atomic mass is 16.5. The number of hydrogen-bond donors (Lipinski definition) is 0. The van der Waals surface area contributed by atoms with Gasteiger partial charge in [-0.3, -0.25) is 0 Å². The lowest BCUT2D eigenvalue weighted by Gasteiger charge is -2.36. The van der Waals surface area contributed by atoms with Crippen molar-refractivity contribution in [1.29, 1.82) is 5.26 Å². The average molecular weight is 248 g/mol. The summed E-state index contributed by atoms with van der Waals surface area (Å²) in [4.78, 5) is 2.10. The van der Waals surface area contributed by atoms with Gasteiger partial charge in [0.05, 0.1) is 18.8 Å². The Morgan fingerprint density at radius 2 is 2.33 bits per heavy atom. The minimum absolute atomic E-state index is 0.0381. The number of hydrogen-bond acceptors (Lipinski definition) is 6. The van der Waals surface area contributed by atoms with Gasteiger partial charge >= 0.3 is 0 Å². The van der Waals surface area contributed by atoms with Crippen LogP contribution in [0.2, 0.25) is 0 Å². The summed E-state index contributed by atoms with van der Waals surface area (Å²) in [6.07, 6.45) is 0.160. The van der Waals surface area contributed by atoms with E-state index < -0.39 is 0 Å². The highest BCUT2D eigenvalue weighted by Crippen LogP contribution is 2.17. The molecule has 6 heteroatoms. The molecule has 0 amide bonds. The van der Waals surface area contributed by atoms with E-state index in [2.05, 4.69) is 15.1 Å². The quantitative estimate of drug-likeness (QED) is 0.779. The van der Waals surface area contributed by atoms with Crippen LogP contribution in [0.5, 0.6) is 0 Å². The molecular weight excluding hydrogens is 232 g/mol. The van der Waals surface area contributed by atoms with Crippen molar-refractivity contribution in [3.8, 4) is 6.07 Å². The van der Waals surface area contributed by atoms with Crippen LogP contribution in [0.15, 0.2) is 12.1 Å². The second-order valence-corrected chi connectivity index (χ2v) is 4.32. The number of rotatable bonds is 3.